The number of hydrogen-bond donors (Lipinski definition) is 0. The summed E-state index contributed by atoms with van der Waals surface area (Å²) in [5, 5.41) is 0. The van der Waals surface area contributed by atoms with Crippen LogP contribution in [0.15, 0.2) is 54.9 Å². The van der Waals surface area contributed by atoms with Crippen molar-refractivity contribution in [2.45, 2.75) is 213 Å². The third-order valence-corrected chi connectivity index (χ3v) is 9.26. The molecular formula is C42H76ClN. The van der Waals surface area contributed by atoms with E-state index in [-0.39, 0.29) is 12.4 Å². The molecule has 1 heterocycles. The largest absolute Gasteiger partial charge is 1.00 e. The predicted octanol–water partition coefficient (Wildman–Crippen LogP) is 11.4. The summed E-state index contributed by atoms with van der Waals surface area (Å²) >= 11 is 0. The van der Waals surface area contributed by atoms with Crippen molar-refractivity contribution in [3.8, 4) is 0 Å². The van der Waals surface area contributed by atoms with E-state index in [1.165, 1.54) is 193 Å². The van der Waals surface area contributed by atoms with Gasteiger partial charge in [-0.2, -0.15) is 0 Å². The Hall–Kier alpha value is -1.08. The minimum Gasteiger partial charge on any atom is -1.00 e. The molecule has 0 atom stereocenters. The summed E-state index contributed by atoms with van der Waals surface area (Å²) < 4.78 is 2.50. The molecule has 1 aromatic heterocycles. The lowest BCUT2D eigenvalue weighted by molar-refractivity contribution is -0.724. The monoisotopic (exact) mass is 630 g/mol. The van der Waals surface area contributed by atoms with Crippen LogP contribution in [0, 0.1) is 0 Å². The zero-order chi connectivity index (χ0) is 30.7. The van der Waals surface area contributed by atoms with Gasteiger partial charge in [0.15, 0.2) is 18.4 Å². The fraction of sp³-hybridized carbons (Fsp3) is 0.786. The Kier molecular flexibility index (Phi) is 35.5. The van der Waals surface area contributed by atoms with Crippen LogP contribution < -0.4 is 17.0 Å². The third-order valence-electron chi connectivity index (χ3n) is 9.26. The minimum atomic E-state index is 0. The maximum absolute atomic E-state index is 2.50. The molecule has 0 radical (unpaired) electrons. The topological polar surface area (TPSA) is 3.88 Å². The van der Waals surface area contributed by atoms with Gasteiger partial charge in [-0.25, -0.2) is 4.57 Å². The number of hydrogen-bond acceptors (Lipinski definition) is 0. The van der Waals surface area contributed by atoms with Gasteiger partial charge in [0.25, 0.3) is 0 Å². The van der Waals surface area contributed by atoms with Crippen molar-refractivity contribution in [1.82, 2.24) is 0 Å². The number of allylic oxidation sites excluding steroid dienone is 4. The van der Waals surface area contributed by atoms with Gasteiger partial charge in [0.2, 0.25) is 0 Å². The molecule has 0 saturated carbocycles. The van der Waals surface area contributed by atoms with Crippen LogP contribution in [-0.2, 0) is 0 Å². The van der Waals surface area contributed by atoms with E-state index in [1.807, 2.05) is 0 Å². The summed E-state index contributed by atoms with van der Waals surface area (Å²) in [4.78, 5) is 0. The van der Waals surface area contributed by atoms with Gasteiger partial charge in [-0.05, 0) is 64.2 Å². The standard InChI is InChI=1S/C42H76N.ClH/c1-3-5-7-9-11-13-15-17-19-21-23-25-27-29-31-34-38-42(43-40-36-33-37-41-43)39-35-32-30-28-26-24-22-20-18-16-14-12-10-8-6-4-2;/h17-20,33,36-37,40-42H,3-16,21-32,34-35,38-39H2,1-2H3;1H/q+1;/p-1/b19-17-,20-18-;. The fourth-order valence-corrected chi connectivity index (χ4v) is 6.35. The van der Waals surface area contributed by atoms with Gasteiger partial charge in [-0.3, -0.25) is 0 Å². The maximum Gasteiger partial charge on any atom is 0.169 e. The molecule has 256 valence electrons. The summed E-state index contributed by atoms with van der Waals surface area (Å²) in [6.45, 7) is 4.59. The highest BCUT2D eigenvalue weighted by molar-refractivity contribution is 4.84. The fourth-order valence-electron chi connectivity index (χ4n) is 6.35. The summed E-state index contributed by atoms with van der Waals surface area (Å²) in [6.07, 6.45) is 56.0. The number of pyridine rings is 1. The van der Waals surface area contributed by atoms with Crippen molar-refractivity contribution < 1.29 is 17.0 Å². The van der Waals surface area contributed by atoms with E-state index < -0.39 is 0 Å². The highest BCUT2D eigenvalue weighted by atomic mass is 35.5. The molecule has 0 fully saturated rings. The van der Waals surface area contributed by atoms with E-state index in [0.717, 1.165) is 0 Å². The third kappa shape index (κ3) is 29.6. The van der Waals surface area contributed by atoms with E-state index in [2.05, 4.69) is 73.3 Å². The highest BCUT2D eigenvalue weighted by Gasteiger charge is 2.16. The van der Waals surface area contributed by atoms with Gasteiger partial charge in [0.05, 0.1) is 0 Å². The van der Waals surface area contributed by atoms with Gasteiger partial charge in [0.1, 0.15) is 0 Å². The average molecular weight is 631 g/mol. The van der Waals surface area contributed by atoms with Gasteiger partial charge < -0.3 is 12.4 Å². The van der Waals surface area contributed by atoms with Crippen molar-refractivity contribution >= 4 is 0 Å². The lowest BCUT2D eigenvalue weighted by Crippen LogP contribution is -3.00. The molecule has 1 nitrogen and oxygen atoms in total. The van der Waals surface area contributed by atoms with Crippen molar-refractivity contribution in [2.24, 2.45) is 0 Å². The molecule has 0 spiro atoms. The molecule has 0 unspecified atom stereocenters. The summed E-state index contributed by atoms with van der Waals surface area (Å²) in [6, 6.07) is 7.25. The Morgan fingerprint density at radius 2 is 0.682 bits per heavy atom. The van der Waals surface area contributed by atoms with Crippen molar-refractivity contribution in [1.29, 1.82) is 0 Å². The van der Waals surface area contributed by atoms with Crippen LogP contribution in [0.5, 0.6) is 0 Å². The Morgan fingerprint density at radius 1 is 0.386 bits per heavy atom. The van der Waals surface area contributed by atoms with Crippen molar-refractivity contribution in [2.75, 3.05) is 0 Å². The second-order valence-corrected chi connectivity index (χ2v) is 13.4. The number of rotatable bonds is 33. The zero-order valence-corrected chi connectivity index (χ0v) is 30.6. The quantitative estimate of drug-likeness (QED) is 0.0413. The van der Waals surface area contributed by atoms with Crippen molar-refractivity contribution in [3.05, 3.63) is 54.9 Å². The highest BCUT2D eigenvalue weighted by Crippen LogP contribution is 2.20. The van der Waals surface area contributed by atoms with Gasteiger partial charge in [0, 0.05) is 25.0 Å². The second-order valence-electron chi connectivity index (χ2n) is 13.4. The van der Waals surface area contributed by atoms with Crippen molar-refractivity contribution in [3.63, 3.8) is 0 Å². The molecular weight excluding hydrogens is 554 g/mol. The molecule has 0 aliphatic heterocycles. The van der Waals surface area contributed by atoms with Crippen LogP contribution in [0.1, 0.15) is 213 Å². The summed E-state index contributed by atoms with van der Waals surface area (Å²) in [5.41, 5.74) is 0. The number of halogens is 1. The first-order valence-corrected chi connectivity index (χ1v) is 19.6. The van der Waals surface area contributed by atoms with Gasteiger partial charge in [-0.15, -0.1) is 0 Å². The van der Waals surface area contributed by atoms with Crippen LogP contribution in [0.3, 0.4) is 0 Å². The lowest BCUT2D eigenvalue weighted by Gasteiger charge is -2.12. The molecule has 2 heteroatoms. The van der Waals surface area contributed by atoms with Crippen LogP contribution in [0.25, 0.3) is 0 Å². The Bertz CT molecular complexity index is 670. The van der Waals surface area contributed by atoms with Crippen LogP contribution in [0.2, 0.25) is 0 Å². The lowest BCUT2D eigenvalue weighted by atomic mass is 9.99. The van der Waals surface area contributed by atoms with E-state index in [1.54, 1.807) is 0 Å². The first kappa shape index (κ1) is 42.9. The average Bonchev–Trinajstić information content (AvgIpc) is 3.03. The normalized spacial score (nSPS) is 11.7. The SMILES string of the molecule is CCCCCCCC/C=C\CCCCCCCCC(CCCCCCCC/C=C\CCCCCCCC)[n+]1ccccc1.[Cl-]. The molecule has 1 rings (SSSR count). The number of nitrogens with zero attached hydrogens (tertiary/aromatic N) is 1. The van der Waals surface area contributed by atoms with Crippen LogP contribution in [-0.4, -0.2) is 0 Å². The predicted molar refractivity (Wildman–Crippen MR) is 194 cm³/mol. The smallest absolute Gasteiger partial charge is 0.169 e. The van der Waals surface area contributed by atoms with Gasteiger partial charge in [-0.1, -0.05) is 160 Å². The first-order valence-electron chi connectivity index (χ1n) is 19.6. The molecule has 0 saturated heterocycles. The van der Waals surface area contributed by atoms with E-state index in [4.69, 9.17) is 0 Å². The molecule has 0 aliphatic carbocycles. The van der Waals surface area contributed by atoms with E-state index in [9.17, 15) is 0 Å². The Morgan fingerprint density at radius 3 is 1.02 bits per heavy atom. The van der Waals surface area contributed by atoms with E-state index in [0.29, 0.717) is 6.04 Å². The molecule has 1 aromatic rings. The molecule has 0 bridgehead atoms. The summed E-state index contributed by atoms with van der Waals surface area (Å²) in [5.74, 6) is 0. The second kappa shape index (κ2) is 36.4. The van der Waals surface area contributed by atoms with E-state index >= 15 is 0 Å². The molecule has 0 aliphatic rings. The van der Waals surface area contributed by atoms with Crippen LogP contribution >= 0.6 is 0 Å². The Labute approximate surface area is 283 Å². The molecule has 0 amide bonds. The summed E-state index contributed by atoms with van der Waals surface area (Å²) in [7, 11) is 0. The first-order chi connectivity index (χ1) is 21.4. The zero-order valence-electron chi connectivity index (χ0n) is 29.8. The molecule has 0 aromatic carbocycles. The minimum absolute atomic E-state index is 0. The Balaban J connectivity index is 0.0000185. The van der Waals surface area contributed by atoms with Crippen LogP contribution in [0.4, 0.5) is 0 Å². The van der Waals surface area contributed by atoms with Gasteiger partial charge >= 0.3 is 0 Å². The number of unbranched alkanes of at least 4 members (excludes halogenated alkanes) is 24. The molecule has 0 N–H and O–H groups in total. The number of aromatic nitrogens is 1. The maximum atomic E-state index is 2.50. The molecule has 44 heavy (non-hydrogen) atoms.